The normalized spacial score (nSPS) is 12.9. The molecule has 2 aromatic heterocycles. The van der Waals surface area contributed by atoms with Crippen LogP contribution in [0.5, 0.6) is 0 Å². The SMILES string of the molecule is Cc1ccc(-n2nc3c(c2NC(=O)c2cnc4ccccc4n2)CSC3)cc1. The van der Waals surface area contributed by atoms with Gasteiger partial charge in [-0.15, -0.1) is 0 Å². The molecule has 138 valence electrons. The van der Waals surface area contributed by atoms with Crippen LogP contribution in [-0.4, -0.2) is 25.7 Å². The van der Waals surface area contributed by atoms with Crippen LogP contribution in [0, 0.1) is 6.92 Å². The number of benzene rings is 2. The highest BCUT2D eigenvalue weighted by Crippen LogP contribution is 2.36. The lowest BCUT2D eigenvalue weighted by atomic mass is 10.2. The number of hydrogen-bond acceptors (Lipinski definition) is 5. The van der Waals surface area contributed by atoms with E-state index in [0.717, 1.165) is 34.0 Å². The number of aryl methyl sites for hydroxylation is 1. The van der Waals surface area contributed by atoms with Gasteiger partial charge in [-0.3, -0.25) is 9.78 Å². The van der Waals surface area contributed by atoms with Gasteiger partial charge in [-0.1, -0.05) is 29.8 Å². The maximum Gasteiger partial charge on any atom is 0.277 e. The molecule has 5 rings (SSSR count). The van der Waals surface area contributed by atoms with Crippen molar-refractivity contribution in [2.75, 3.05) is 5.32 Å². The number of anilines is 1. The van der Waals surface area contributed by atoms with Gasteiger partial charge in [0.2, 0.25) is 0 Å². The molecule has 0 unspecified atom stereocenters. The molecule has 7 heteroatoms. The molecular formula is C21H17N5OS. The summed E-state index contributed by atoms with van der Waals surface area (Å²) in [5.41, 5.74) is 5.94. The Labute approximate surface area is 166 Å². The summed E-state index contributed by atoms with van der Waals surface area (Å²) in [6.45, 7) is 2.05. The Morgan fingerprint density at radius 3 is 2.68 bits per heavy atom. The summed E-state index contributed by atoms with van der Waals surface area (Å²) in [5.74, 6) is 2.11. The molecule has 28 heavy (non-hydrogen) atoms. The summed E-state index contributed by atoms with van der Waals surface area (Å²) in [6.07, 6.45) is 1.51. The van der Waals surface area contributed by atoms with Crippen LogP contribution in [-0.2, 0) is 11.5 Å². The second-order valence-corrected chi connectivity index (χ2v) is 7.70. The zero-order valence-electron chi connectivity index (χ0n) is 15.2. The van der Waals surface area contributed by atoms with Crippen LogP contribution in [0.2, 0.25) is 0 Å². The lowest BCUT2D eigenvalue weighted by Crippen LogP contribution is -2.17. The van der Waals surface area contributed by atoms with E-state index < -0.39 is 0 Å². The fraction of sp³-hybridized carbons (Fsp3) is 0.143. The van der Waals surface area contributed by atoms with E-state index in [1.54, 1.807) is 11.8 Å². The van der Waals surface area contributed by atoms with Crippen molar-refractivity contribution in [3.05, 3.63) is 77.2 Å². The highest BCUT2D eigenvalue weighted by atomic mass is 32.2. The van der Waals surface area contributed by atoms with Crippen molar-refractivity contribution in [1.29, 1.82) is 0 Å². The van der Waals surface area contributed by atoms with Gasteiger partial charge >= 0.3 is 0 Å². The van der Waals surface area contributed by atoms with Gasteiger partial charge in [-0.2, -0.15) is 16.9 Å². The van der Waals surface area contributed by atoms with E-state index in [0.29, 0.717) is 11.3 Å². The Morgan fingerprint density at radius 2 is 1.86 bits per heavy atom. The Kier molecular flexibility index (Phi) is 4.09. The van der Waals surface area contributed by atoms with Gasteiger partial charge < -0.3 is 5.32 Å². The van der Waals surface area contributed by atoms with Crippen molar-refractivity contribution < 1.29 is 4.79 Å². The van der Waals surface area contributed by atoms with Crippen LogP contribution in [0.25, 0.3) is 16.7 Å². The molecule has 1 aliphatic rings. The number of thioether (sulfide) groups is 1. The molecule has 1 N–H and O–H groups in total. The lowest BCUT2D eigenvalue weighted by molar-refractivity contribution is 0.102. The van der Waals surface area contributed by atoms with Gasteiger partial charge in [0.15, 0.2) is 0 Å². The molecule has 0 aliphatic carbocycles. The number of para-hydroxylation sites is 2. The number of fused-ring (bicyclic) bond motifs is 2. The highest BCUT2D eigenvalue weighted by Gasteiger charge is 2.25. The van der Waals surface area contributed by atoms with Gasteiger partial charge in [0.05, 0.1) is 28.6 Å². The average molecular weight is 387 g/mol. The maximum absolute atomic E-state index is 12.9. The van der Waals surface area contributed by atoms with Crippen LogP contribution in [0.1, 0.15) is 27.3 Å². The van der Waals surface area contributed by atoms with E-state index in [2.05, 4.69) is 15.3 Å². The molecule has 0 saturated heterocycles. The quantitative estimate of drug-likeness (QED) is 0.572. The molecule has 1 amide bonds. The van der Waals surface area contributed by atoms with Crippen LogP contribution < -0.4 is 5.32 Å². The summed E-state index contributed by atoms with van der Waals surface area (Å²) in [4.78, 5) is 21.7. The number of nitrogens with zero attached hydrogens (tertiary/aromatic N) is 4. The third-order valence-corrected chi connectivity index (χ3v) is 5.71. The van der Waals surface area contributed by atoms with E-state index in [1.807, 2.05) is 60.1 Å². The monoisotopic (exact) mass is 387 g/mol. The number of rotatable bonds is 3. The van der Waals surface area contributed by atoms with E-state index in [4.69, 9.17) is 5.10 Å². The summed E-state index contributed by atoms with van der Waals surface area (Å²) >= 11 is 1.80. The Morgan fingerprint density at radius 1 is 1.07 bits per heavy atom. The predicted molar refractivity (Wildman–Crippen MR) is 111 cm³/mol. The van der Waals surface area contributed by atoms with E-state index >= 15 is 0 Å². The third kappa shape index (κ3) is 2.93. The van der Waals surface area contributed by atoms with Crippen LogP contribution >= 0.6 is 11.8 Å². The van der Waals surface area contributed by atoms with Gasteiger partial charge in [0.1, 0.15) is 11.5 Å². The van der Waals surface area contributed by atoms with Gasteiger partial charge in [-0.05, 0) is 31.2 Å². The molecule has 0 atom stereocenters. The lowest BCUT2D eigenvalue weighted by Gasteiger charge is -2.11. The largest absolute Gasteiger partial charge is 0.305 e. The standard InChI is InChI=1S/C21H17N5OS/c1-13-6-8-14(9-7-13)26-20(15-11-28-12-19(15)25-26)24-21(27)18-10-22-16-4-2-3-5-17(16)23-18/h2-10H,11-12H2,1H3,(H,24,27). The first kappa shape index (κ1) is 16.9. The van der Waals surface area contributed by atoms with Crippen molar-refractivity contribution in [1.82, 2.24) is 19.7 Å². The average Bonchev–Trinajstić information content (AvgIpc) is 3.31. The maximum atomic E-state index is 12.9. The van der Waals surface area contributed by atoms with Crippen LogP contribution in [0.3, 0.4) is 0 Å². The molecule has 0 radical (unpaired) electrons. The Bertz CT molecular complexity index is 1200. The second-order valence-electron chi connectivity index (χ2n) is 6.71. The number of amides is 1. The molecule has 3 heterocycles. The summed E-state index contributed by atoms with van der Waals surface area (Å²) < 4.78 is 1.82. The first-order valence-electron chi connectivity index (χ1n) is 8.98. The number of aromatic nitrogens is 4. The minimum absolute atomic E-state index is 0.286. The molecule has 0 fully saturated rings. The van der Waals surface area contributed by atoms with Crippen molar-refractivity contribution in [2.24, 2.45) is 0 Å². The first-order chi connectivity index (χ1) is 13.7. The first-order valence-corrected chi connectivity index (χ1v) is 10.1. The van der Waals surface area contributed by atoms with Crippen LogP contribution in [0.15, 0.2) is 54.7 Å². The van der Waals surface area contributed by atoms with Gasteiger partial charge in [-0.25, -0.2) is 9.67 Å². The molecular weight excluding hydrogens is 370 g/mol. The molecule has 2 aromatic carbocycles. The van der Waals surface area contributed by atoms with Crippen LogP contribution in [0.4, 0.5) is 5.82 Å². The fourth-order valence-corrected chi connectivity index (χ4v) is 4.29. The molecule has 6 nitrogen and oxygen atoms in total. The fourth-order valence-electron chi connectivity index (χ4n) is 3.25. The minimum Gasteiger partial charge on any atom is -0.305 e. The highest BCUT2D eigenvalue weighted by molar-refractivity contribution is 7.98. The van der Waals surface area contributed by atoms with Crippen molar-refractivity contribution in [2.45, 2.75) is 18.4 Å². The summed E-state index contributed by atoms with van der Waals surface area (Å²) in [5, 5.41) is 7.76. The topological polar surface area (TPSA) is 72.7 Å². The summed E-state index contributed by atoms with van der Waals surface area (Å²) in [7, 11) is 0. The second kappa shape index (κ2) is 6.76. The molecule has 0 bridgehead atoms. The third-order valence-electron chi connectivity index (χ3n) is 4.74. The zero-order valence-corrected chi connectivity index (χ0v) is 16.0. The number of carbonyl (C=O) groups excluding carboxylic acids is 1. The predicted octanol–water partition coefficient (Wildman–Crippen LogP) is 4.12. The Balaban J connectivity index is 1.53. The van der Waals surface area contributed by atoms with E-state index in [9.17, 15) is 4.79 Å². The number of carbonyl (C=O) groups is 1. The van der Waals surface area contributed by atoms with Gasteiger partial charge in [0.25, 0.3) is 5.91 Å². The molecule has 1 aliphatic heterocycles. The van der Waals surface area contributed by atoms with Crippen molar-refractivity contribution in [3.63, 3.8) is 0 Å². The number of nitrogens with one attached hydrogen (secondary N) is 1. The zero-order chi connectivity index (χ0) is 19.1. The van der Waals surface area contributed by atoms with Crippen molar-refractivity contribution >= 4 is 34.5 Å². The minimum atomic E-state index is -0.286. The number of hydrogen-bond donors (Lipinski definition) is 1. The molecule has 0 saturated carbocycles. The van der Waals surface area contributed by atoms with Crippen molar-refractivity contribution in [3.8, 4) is 5.69 Å². The Hall–Kier alpha value is -3.19. The van der Waals surface area contributed by atoms with E-state index in [1.165, 1.54) is 11.8 Å². The van der Waals surface area contributed by atoms with Gasteiger partial charge in [0, 0.05) is 17.1 Å². The smallest absolute Gasteiger partial charge is 0.277 e. The summed E-state index contributed by atoms with van der Waals surface area (Å²) in [6, 6.07) is 15.6. The van der Waals surface area contributed by atoms with E-state index in [-0.39, 0.29) is 11.6 Å². The molecule has 0 spiro atoms. The molecule has 4 aromatic rings.